The normalized spacial score (nSPS) is 19.2. The van der Waals surface area contributed by atoms with Crippen LogP contribution in [-0.2, 0) is 17.9 Å². The number of pyridine rings is 1. The lowest BCUT2D eigenvalue weighted by molar-refractivity contribution is -0.119. The molecule has 4 N–H and O–H groups in total. The van der Waals surface area contributed by atoms with Crippen LogP contribution >= 0.6 is 23.2 Å². The summed E-state index contributed by atoms with van der Waals surface area (Å²) in [5, 5.41) is 20.8. The van der Waals surface area contributed by atoms with E-state index in [0.29, 0.717) is 70.5 Å². The molecule has 2 fully saturated rings. The first-order valence-electron chi connectivity index (χ1n) is 15.8. The summed E-state index contributed by atoms with van der Waals surface area (Å²) in [7, 11) is 3.16. The first kappa shape index (κ1) is 33.1. The molecule has 12 heteroatoms. The molecule has 0 unspecified atom stereocenters. The Labute approximate surface area is 284 Å². The molecule has 0 radical (unpaired) electrons. The maximum absolute atomic E-state index is 11.5. The fourth-order valence-corrected chi connectivity index (χ4v) is 6.89. The van der Waals surface area contributed by atoms with Crippen LogP contribution in [0.25, 0.3) is 33.6 Å². The molecule has 47 heavy (non-hydrogen) atoms. The highest BCUT2D eigenvalue weighted by atomic mass is 35.5. The van der Waals surface area contributed by atoms with Gasteiger partial charge in [-0.3, -0.25) is 9.78 Å². The van der Waals surface area contributed by atoms with Crippen LogP contribution in [-0.4, -0.2) is 65.4 Å². The lowest BCUT2D eigenvalue weighted by Crippen LogP contribution is -2.35. The third-order valence-electron chi connectivity index (χ3n) is 8.80. The van der Waals surface area contributed by atoms with E-state index in [9.17, 15) is 9.90 Å². The third kappa shape index (κ3) is 7.37. The quantitative estimate of drug-likeness (QED) is 0.155. The Kier molecular flexibility index (Phi) is 10.5. The van der Waals surface area contributed by atoms with Crippen LogP contribution in [0, 0.1) is 5.92 Å². The van der Waals surface area contributed by atoms with E-state index < -0.39 is 0 Å². The van der Waals surface area contributed by atoms with Gasteiger partial charge in [0.1, 0.15) is 5.69 Å². The molecule has 10 nitrogen and oxygen atoms in total. The van der Waals surface area contributed by atoms with Crippen LogP contribution in [0.5, 0.6) is 11.8 Å². The summed E-state index contributed by atoms with van der Waals surface area (Å²) in [5.41, 5.74) is 5.72. The van der Waals surface area contributed by atoms with Gasteiger partial charge in [0.25, 0.3) is 0 Å². The molecule has 3 atom stereocenters. The number of carbonyl (C=O) groups excluding carboxylic acids is 1. The topological polar surface area (TPSA) is 131 Å². The lowest BCUT2D eigenvalue weighted by atomic mass is 9.98. The molecule has 1 amide bonds. The number of halogens is 2. The van der Waals surface area contributed by atoms with Crippen molar-refractivity contribution in [2.24, 2.45) is 5.92 Å². The van der Waals surface area contributed by atoms with Crippen LogP contribution in [0.1, 0.15) is 36.9 Å². The molecule has 1 aliphatic heterocycles. The molecule has 2 aromatic carbocycles. The van der Waals surface area contributed by atoms with Crippen molar-refractivity contribution in [1.29, 1.82) is 0 Å². The standard InChI is InChI=1S/C35H38Cl2N6O4/c1-46-34-21(17-38-15-20-14-31(45)41-16-20)12-13-26(42-34)24-8-3-6-22(32(24)36)23-7-4-9-25(33(23)37)28-18-40-29(35(43-28)47-2)19-39-27-10-5-11-30(27)44/h3-4,6-9,12-13,18,20,27,30,38-39,44H,5,10-11,14-17,19H2,1-2H3,(H,41,45)/t20-,27+,30-/m1/s1. The Hall–Kier alpha value is -3.80. The average Bonchev–Trinajstić information content (AvgIpc) is 3.70. The summed E-state index contributed by atoms with van der Waals surface area (Å²) < 4.78 is 11.2. The van der Waals surface area contributed by atoms with Crippen molar-refractivity contribution >= 4 is 29.1 Å². The fraction of sp³-hybridized carbons (Fsp3) is 0.371. The minimum atomic E-state index is -0.349. The van der Waals surface area contributed by atoms with Crippen molar-refractivity contribution in [1.82, 2.24) is 30.9 Å². The van der Waals surface area contributed by atoms with Crippen LogP contribution in [0.2, 0.25) is 10.0 Å². The van der Waals surface area contributed by atoms with Crippen LogP contribution in [0.3, 0.4) is 0 Å². The van der Waals surface area contributed by atoms with E-state index in [0.717, 1.165) is 48.1 Å². The molecule has 246 valence electrons. The van der Waals surface area contributed by atoms with Gasteiger partial charge in [0, 0.05) is 66.5 Å². The number of nitrogens with one attached hydrogen (secondary N) is 3. The Morgan fingerprint density at radius 1 is 0.894 bits per heavy atom. The van der Waals surface area contributed by atoms with E-state index in [4.69, 9.17) is 42.6 Å². The van der Waals surface area contributed by atoms with Crippen LogP contribution in [0.15, 0.2) is 54.7 Å². The molecular formula is C35H38Cl2N6O4. The molecule has 1 saturated carbocycles. The van der Waals surface area contributed by atoms with E-state index in [1.807, 2.05) is 48.5 Å². The van der Waals surface area contributed by atoms with Gasteiger partial charge < -0.3 is 30.5 Å². The molecule has 1 saturated heterocycles. The third-order valence-corrected chi connectivity index (χ3v) is 9.61. The summed E-state index contributed by atoms with van der Waals surface area (Å²) in [4.78, 5) is 25.6. The summed E-state index contributed by atoms with van der Waals surface area (Å²) >= 11 is 14.1. The van der Waals surface area contributed by atoms with Crippen molar-refractivity contribution in [3.63, 3.8) is 0 Å². The van der Waals surface area contributed by atoms with Gasteiger partial charge in [-0.2, -0.15) is 0 Å². The molecule has 3 heterocycles. The van der Waals surface area contributed by atoms with Gasteiger partial charge in [-0.05, 0) is 31.2 Å². The number of hydrogen-bond donors (Lipinski definition) is 4. The first-order valence-corrected chi connectivity index (χ1v) is 16.5. The molecule has 2 aliphatic rings. The van der Waals surface area contributed by atoms with E-state index in [-0.39, 0.29) is 24.0 Å². The van der Waals surface area contributed by atoms with Gasteiger partial charge in [-0.25, -0.2) is 9.97 Å². The second-order valence-electron chi connectivity index (χ2n) is 11.9. The highest BCUT2D eigenvalue weighted by Gasteiger charge is 2.26. The van der Waals surface area contributed by atoms with Gasteiger partial charge in [0.05, 0.1) is 48.0 Å². The number of aliphatic hydroxyl groups is 1. The van der Waals surface area contributed by atoms with Crippen molar-refractivity contribution in [2.75, 3.05) is 27.3 Å². The number of aromatic nitrogens is 3. The fourth-order valence-electron chi connectivity index (χ4n) is 6.24. The van der Waals surface area contributed by atoms with Gasteiger partial charge >= 0.3 is 0 Å². The SMILES string of the molecule is COc1nc(-c2cccc(-c3cccc(-c4cnc(CN[C@H]5CCC[C@H]5O)c(OC)n4)c3Cl)c2Cl)ccc1CNC[C@@H]1CNC(=O)C1. The summed E-state index contributed by atoms with van der Waals surface area (Å²) in [6.07, 6.45) is 4.61. The largest absolute Gasteiger partial charge is 0.481 e. The molecule has 0 spiro atoms. The Morgan fingerprint density at radius 3 is 2.21 bits per heavy atom. The maximum Gasteiger partial charge on any atom is 0.237 e. The number of hydrogen-bond acceptors (Lipinski definition) is 9. The Balaban J connectivity index is 1.23. The van der Waals surface area contributed by atoms with E-state index in [1.54, 1.807) is 20.4 Å². The Morgan fingerprint density at radius 2 is 1.57 bits per heavy atom. The van der Waals surface area contributed by atoms with Gasteiger partial charge in [0.15, 0.2) is 0 Å². The molecule has 4 aromatic rings. The van der Waals surface area contributed by atoms with Crippen molar-refractivity contribution in [2.45, 2.75) is 50.9 Å². The molecule has 0 bridgehead atoms. The lowest BCUT2D eigenvalue weighted by Gasteiger charge is -2.17. The molecule has 1 aliphatic carbocycles. The number of nitrogens with zero attached hydrogens (tertiary/aromatic N) is 3. The maximum atomic E-state index is 11.5. The average molecular weight is 678 g/mol. The Bertz CT molecular complexity index is 1760. The number of carbonyl (C=O) groups is 1. The predicted molar refractivity (Wildman–Crippen MR) is 183 cm³/mol. The summed E-state index contributed by atoms with van der Waals surface area (Å²) in [6.45, 7) is 2.42. The number of ether oxygens (including phenoxy) is 2. The van der Waals surface area contributed by atoms with Crippen LogP contribution < -0.4 is 25.4 Å². The zero-order chi connectivity index (χ0) is 32.9. The van der Waals surface area contributed by atoms with Crippen LogP contribution in [0.4, 0.5) is 0 Å². The van der Waals surface area contributed by atoms with E-state index >= 15 is 0 Å². The highest BCUT2D eigenvalue weighted by Crippen LogP contribution is 2.42. The van der Waals surface area contributed by atoms with Crippen molar-refractivity contribution in [3.05, 3.63) is 76.0 Å². The minimum Gasteiger partial charge on any atom is -0.481 e. The highest BCUT2D eigenvalue weighted by molar-refractivity contribution is 6.39. The number of aliphatic hydroxyl groups excluding tert-OH is 1. The molecular weight excluding hydrogens is 639 g/mol. The van der Waals surface area contributed by atoms with Gasteiger partial charge in [-0.1, -0.05) is 65.7 Å². The second kappa shape index (κ2) is 15.0. The number of rotatable bonds is 12. The summed E-state index contributed by atoms with van der Waals surface area (Å²) in [5.74, 6) is 1.28. The molecule has 6 rings (SSSR count). The molecule has 2 aromatic heterocycles. The minimum absolute atomic E-state index is 0.0392. The monoisotopic (exact) mass is 676 g/mol. The zero-order valence-corrected chi connectivity index (χ0v) is 27.9. The summed E-state index contributed by atoms with van der Waals surface area (Å²) in [6, 6.07) is 15.4. The second-order valence-corrected chi connectivity index (χ2v) is 12.7. The van der Waals surface area contributed by atoms with Crippen molar-refractivity contribution < 1.29 is 19.4 Å². The van der Waals surface area contributed by atoms with Crippen molar-refractivity contribution in [3.8, 4) is 45.4 Å². The predicted octanol–water partition coefficient (Wildman–Crippen LogP) is 5.43. The van der Waals surface area contributed by atoms with Gasteiger partial charge in [-0.15, -0.1) is 0 Å². The van der Waals surface area contributed by atoms with E-state index in [2.05, 4.69) is 20.9 Å². The van der Waals surface area contributed by atoms with Gasteiger partial charge in [0.2, 0.25) is 17.7 Å². The zero-order valence-electron chi connectivity index (χ0n) is 26.4. The smallest absolute Gasteiger partial charge is 0.237 e. The number of benzene rings is 2. The number of methoxy groups -OCH3 is 2. The first-order chi connectivity index (χ1) is 22.9. The van der Waals surface area contributed by atoms with E-state index in [1.165, 1.54) is 0 Å². The number of amides is 1.